The first-order valence-corrected chi connectivity index (χ1v) is 5.26. The summed E-state index contributed by atoms with van der Waals surface area (Å²) in [5.74, 6) is 0. The Hall–Kier alpha value is -1.75. The van der Waals surface area contributed by atoms with E-state index in [0.29, 0.717) is 10.7 Å². The minimum Gasteiger partial charge on any atom is -0.397 e. The minimum absolute atomic E-state index is 0.638. The van der Waals surface area contributed by atoms with Gasteiger partial charge in [-0.2, -0.15) is 0 Å². The fourth-order valence-corrected chi connectivity index (χ4v) is 1.53. The van der Waals surface area contributed by atoms with Crippen LogP contribution in [0.5, 0.6) is 0 Å². The third-order valence-electron chi connectivity index (χ3n) is 2.14. The Morgan fingerprint density at radius 3 is 3.00 bits per heavy atom. The lowest BCUT2D eigenvalue weighted by Gasteiger charge is -2.09. The van der Waals surface area contributed by atoms with Crippen molar-refractivity contribution in [1.82, 2.24) is 15.0 Å². The Kier molecular flexibility index (Phi) is 3.26. The summed E-state index contributed by atoms with van der Waals surface area (Å²) in [6, 6.07) is 5.38. The molecule has 1 heterocycles. The first kappa shape index (κ1) is 10.8. The monoisotopic (exact) mass is 237 g/mol. The summed E-state index contributed by atoms with van der Waals surface area (Å²) in [5, 5.41) is 11.4. The van der Waals surface area contributed by atoms with E-state index in [4.69, 9.17) is 17.3 Å². The average molecular weight is 238 g/mol. The molecule has 0 radical (unpaired) electrons. The highest BCUT2D eigenvalue weighted by Gasteiger charge is 1.99. The van der Waals surface area contributed by atoms with Crippen LogP contribution in [0, 0.1) is 0 Å². The third kappa shape index (κ3) is 2.64. The van der Waals surface area contributed by atoms with E-state index < -0.39 is 0 Å². The second kappa shape index (κ2) is 4.85. The predicted octanol–water partition coefficient (Wildman–Crippen LogP) is 1.63. The maximum atomic E-state index is 5.80. The van der Waals surface area contributed by atoms with Crippen molar-refractivity contribution in [1.29, 1.82) is 0 Å². The van der Waals surface area contributed by atoms with Gasteiger partial charge in [0.1, 0.15) is 0 Å². The lowest BCUT2D eigenvalue weighted by atomic mass is 10.2. The molecule has 0 aliphatic heterocycles. The van der Waals surface area contributed by atoms with E-state index in [1.54, 1.807) is 23.0 Å². The number of hydrogen-bond donors (Lipinski definition) is 2. The Morgan fingerprint density at radius 2 is 2.31 bits per heavy atom. The number of nitrogens with one attached hydrogen (secondary N) is 1. The number of hydrogen-bond acceptors (Lipinski definition) is 4. The molecule has 0 aliphatic rings. The van der Waals surface area contributed by atoms with Crippen molar-refractivity contribution < 1.29 is 0 Å². The molecule has 6 heteroatoms. The van der Waals surface area contributed by atoms with Gasteiger partial charge in [-0.25, -0.2) is 0 Å². The van der Waals surface area contributed by atoms with Gasteiger partial charge in [0.05, 0.1) is 24.1 Å². The molecule has 84 valence electrons. The van der Waals surface area contributed by atoms with E-state index in [9.17, 15) is 0 Å². The fraction of sp³-hybridized carbons (Fsp3) is 0.200. The highest BCUT2D eigenvalue weighted by atomic mass is 35.5. The summed E-state index contributed by atoms with van der Waals surface area (Å²) in [6.45, 7) is 1.47. The molecule has 0 saturated heterocycles. The number of nitrogen functional groups attached to an aromatic ring is 1. The molecule has 0 amide bonds. The van der Waals surface area contributed by atoms with E-state index in [1.165, 1.54) is 0 Å². The van der Waals surface area contributed by atoms with Gasteiger partial charge >= 0.3 is 0 Å². The van der Waals surface area contributed by atoms with Crippen molar-refractivity contribution in [3.8, 4) is 0 Å². The van der Waals surface area contributed by atoms with Crippen molar-refractivity contribution in [2.24, 2.45) is 0 Å². The van der Waals surface area contributed by atoms with Crippen LogP contribution >= 0.6 is 11.6 Å². The van der Waals surface area contributed by atoms with E-state index in [0.717, 1.165) is 18.8 Å². The summed E-state index contributed by atoms with van der Waals surface area (Å²) >= 11 is 5.80. The van der Waals surface area contributed by atoms with Gasteiger partial charge in [-0.05, 0) is 18.2 Å². The van der Waals surface area contributed by atoms with Crippen molar-refractivity contribution >= 4 is 23.0 Å². The molecule has 0 fully saturated rings. The number of nitrogens with two attached hydrogens (primary N) is 1. The second-order valence-corrected chi connectivity index (χ2v) is 3.76. The Bertz CT molecular complexity index is 454. The molecular weight excluding hydrogens is 226 g/mol. The third-order valence-corrected chi connectivity index (χ3v) is 2.38. The maximum Gasteiger partial charge on any atom is 0.0692 e. The lowest BCUT2D eigenvalue weighted by Crippen LogP contribution is -2.12. The molecule has 1 aromatic heterocycles. The number of nitrogens with zero attached hydrogens (tertiary/aromatic N) is 3. The minimum atomic E-state index is 0.638. The molecule has 1 aromatic carbocycles. The zero-order valence-corrected chi connectivity index (χ0v) is 9.35. The van der Waals surface area contributed by atoms with Crippen molar-refractivity contribution in [3.05, 3.63) is 35.6 Å². The zero-order chi connectivity index (χ0) is 11.4. The summed E-state index contributed by atoms with van der Waals surface area (Å²) in [7, 11) is 0. The number of halogens is 1. The van der Waals surface area contributed by atoms with Gasteiger partial charge in [-0.15, -0.1) is 5.10 Å². The Morgan fingerprint density at radius 1 is 1.44 bits per heavy atom. The zero-order valence-electron chi connectivity index (χ0n) is 8.60. The second-order valence-electron chi connectivity index (χ2n) is 3.32. The smallest absolute Gasteiger partial charge is 0.0692 e. The van der Waals surface area contributed by atoms with Crippen molar-refractivity contribution in [2.75, 3.05) is 17.6 Å². The first-order valence-electron chi connectivity index (χ1n) is 4.89. The van der Waals surface area contributed by atoms with Crippen molar-refractivity contribution in [3.63, 3.8) is 0 Å². The number of benzene rings is 1. The van der Waals surface area contributed by atoms with Crippen LogP contribution in [0.25, 0.3) is 0 Å². The van der Waals surface area contributed by atoms with Crippen LogP contribution in [0.3, 0.4) is 0 Å². The van der Waals surface area contributed by atoms with Crippen LogP contribution < -0.4 is 11.1 Å². The van der Waals surface area contributed by atoms with Gasteiger partial charge < -0.3 is 11.1 Å². The quantitative estimate of drug-likeness (QED) is 0.793. The maximum absolute atomic E-state index is 5.80. The molecular formula is C10H12ClN5. The first-order chi connectivity index (χ1) is 7.75. The van der Waals surface area contributed by atoms with E-state index in [-0.39, 0.29) is 0 Å². The van der Waals surface area contributed by atoms with Gasteiger partial charge in [0, 0.05) is 17.8 Å². The van der Waals surface area contributed by atoms with Gasteiger partial charge in [0.2, 0.25) is 0 Å². The topological polar surface area (TPSA) is 68.8 Å². The lowest BCUT2D eigenvalue weighted by molar-refractivity contribution is 0.609. The molecule has 0 unspecified atom stereocenters. The van der Waals surface area contributed by atoms with Gasteiger partial charge in [-0.1, -0.05) is 16.8 Å². The Balaban J connectivity index is 1.90. The average Bonchev–Trinajstić information content (AvgIpc) is 2.74. The van der Waals surface area contributed by atoms with Crippen LogP contribution in [0.1, 0.15) is 0 Å². The standard InChI is InChI=1S/C10H12ClN5/c11-8-1-2-10(9(12)7-8)13-3-5-16-6-4-14-15-16/h1-2,4,6-7,13H,3,5,12H2. The van der Waals surface area contributed by atoms with Gasteiger partial charge in [0.25, 0.3) is 0 Å². The Labute approximate surface area is 98.2 Å². The van der Waals surface area contributed by atoms with Crippen molar-refractivity contribution in [2.45, 2.75) is 6.54 Å². The number of anilines is 2. The van der Waals surface area contributed by atoms with Crippen LogP contribution in [-0.2, 0) is 6.54 Å². The van der Waals surface area contributed by atoms with E-state index in [2.05, 4.69) is 15.6 Å². The SMILES string of the molecule is Nc1cc(Cl)ccc1NCCn1ccnn1. The highest BCUT2D eigenvalue weighted by Crippen LogP contribution is 2.22. The van der Waals surface area contributed by atoms with Crippen LogP contribution in [-0.4, -0.2) is 21.5 Å². The molecule has 2 rings (SSSR count). The number of aromatic nitrogens is 3. The summed E-state index contributed by atoms with van der Waals surface area (Å²) in [6.07, 6.45) is 3.46. The predicted molar refractivity (Wildman–Crippen MR) is 64.4 cm³/mol. The van der Waals surface area contributed by atoms with Crippen LogP contribution in [0.15, 0.2) is 30.6 Å². The fourth-order valence-electron chi connectivity index (χ4n) is 1.35. The van der Waals surface area contributed by atoms with Gasteiger partial charge in [-0.3, -0.25) is 4.68 Å². The molecule has 0 atom stereocenters. The molecule has 0 spiro atoms. The molecule has 3 N–H and O–H groups in total. The molecule has 5 nitrogen and oxygen atoms in total. The van der Waals surface area contributed by atoms with Crippen LogP contribution in [0.4, 0.5) is 11.4 Å². The summed E-state index contributed by atoms with van der Waals surface area (Å²) < 4.78 is 1.75. The van der Waals surface area contributed by atoms with Crippen LogP contribution in [0.2, 0.25) is 5.02 Å². The molecule has 0 bridgehead atoms. The molecule has 0 aliphatic carbocycles. The van der Waals surface area contributed by atoms with E-state index in [1.807, 2.05) is 12.3 Å². The normalized spacial score (nSPS) is 10.3. The van der Waals surface area contributed by atoms with Gasteiger partial charge in [0.15, 0.2) is 0 Å². The molecule has 2 aromatic rings. The summed E-state index contributed by atoms with van der Waals surface area (Å²) in [4.78, 5) is 0. The highest BCUT2D eigenvalue weighted by molar-refractivity contribution is 6.31. The largest absolute Gasteiger partial charge is 0.397 e. The summed E-state index contributed by atoms with van der Waals surface area (Å²) in [5.41, 5.74) is 7.32. The molecule has 16 heavy (non-hydrogen) atoms. The molecule has 0 saturated carbocycles. The number of rotatable bonds is 4. The van der Waals surface area contributed by atoms with E-state index >= 15 is 0 Å².